The molecule has 0 bridgehead atoms. The molecule has 3 fully saturated rings. The van der Waals surface area contributed by atoms with Crippen molar-refractivity contribution in [2.24, 2.45) is 5.41 Å². The first-order valence-corrected chi connectivity index (χ1v) is 16.4. The average molecular weight is 633 g/mol. The summed E-state index contributed by atoms with van der Waals surface area (Å²) in [6.07, 6.45) is 7.72. The van der Waals surface area contributed by atoms with Crippen LogP contribution in [0.3, 0.4) is 0 Å². The van der Waals surface area contributed by atoms with Crippen molar-refractivity contribution in [3.05, 3.63) is 35.8 Å². The number of likely N-dealkylation sites (tertiary alicyclic amines) is 1. The van der Waals surface area contributed by atoms with Crippen LogP contribution in [0.2, 0.25) is 0 Å². The number of aromatic nitrogens is 3. The molecule has 1 atom stereocenters. The number of hydrogen-bond acceptors (Lipinski definition) is 10. The minimum atomic E-state index is -1.13. The van der Waals surface area contributed by atoms with Crippen LogP contribution in [0.15, 0.2) is 24.4 Å². The predicted molar refractivity (Wildman–Crippen MR) is 174 cm³/mol. The minimum absolute atomic E-state index is 0.0249. The highest BCUT2D eigenvalue weighted by molar-refractivity contribution is 7.23. The average Bonchev–Trinajstić information content (AvgIpc) is 3.53. The third-order valence-corrected chi connectivity index (χ3v) is 11.1. The first-order chi connectivity index (χ1) is 21.5. The van der Waals surface area contributed by atoms with Gasteiger partial charge in [-0.15, -0.1) is 11.3 Å². The van der Waals surface area contributed by atoms with E-state index in [-0.39, 0.29) is 27.5 Å². The van der Waals surface area contributed by atoms with Crippen LogP contribution in [0.4, 0.5) is 19.6 Å². The molecule has 7 rings (SSSR count). The van der Waals surface area contributed by atoms with Crippen molar-refractivity contribution in [1.82, 2.24) is 24.8 Å². The zero-order valence-corrected chi connectivity index (χ0v) is 26.7. The number of nitrogens with two attached hydrogens (primary N) is 1. The molecule has 1 aromatic carbocycles. The zero-order chi connectivity index (χ0) is 31.6. The fourth-order valence-electron chi connectivity index (χ4n) is 6.85. The van der Waals surface area contributed by atoms with Crippen LogP contribution in [-0.4, -0.2) is 82.8 Å². The fraction of sp³-hybridized carbons (Fsp3) is 0.515. The van der Waals surface area contributed by atoms with Gasteiger partial charge in [-0.3, -0.25) is 9.88 Å². The lowest BCUT2D eigenvalue weighted by Gasteiger charge is -2.47. The Labute approximate surface area is 265 Å². The summed E-state index contributed by atoms with van der Waals surface area (Å²) in [5.74, 6) is 0.212. The molecule has 0 unspecified atom stereocenters. The molecule has 0 spiro atoms. The molecule has 45 heavy (non-hydrogen) atoms. The molecule has 3 N–H and O–H groups in total. The normalized spacial score (nSPS) is 22.1. The molecule has 12 heteroatoms. The molecule has 9 nitrogen and oxygen atoms in total. The molecule has 4 heterocycles. The number of thiophene rings is 1. The van der Waals surface area contributed by atoms with Gasteiger partial charge in [0.05, 0.1) is 33.5 Å². The van der Waals surface area contributed by atoms with E-state index >= 15 is 0 Å². The van der Waals surface area contributed by atoms with E-state index in [9.17, 15) is 14.0 Å². The molecule has 236 valence electrons. The van der Waals surface area contributed by atoms with E-state index in [0.717, 1.165) is 55.5 Å². The van der Waals surface area contributed by atoms with Crippen molar-refractivity contribution >= 4 is 43.1 Å². The van der Waals surface area contributed by atoms with Gasteiger partial charge in [0, 0.05) is 54.3 Å². The Hall–Kier alpha value is -3.66. The summed E-state index contributed by atoms with van der Waals surface area (Å²) in [6, 6.07) is 7.24. The van der Waals surface area contributed by atoms with E-state index < -0.39 is 11.5 Å². The van der Waals surface area contributed by atoms with Crippen LogP contribution in [0.25, 0.3) is 32.2 Å². The second kappa shape index (κ2) is 11.0. The number of hydrogen-bond donors (Lipinski definition) is 2. The van der Waals surface area contributed by atoms with E-state index in [1.54, 1.807) is 19.2 Å². The second-order valence-electron chi connectivity index (χ2n) is 13.7. The van der Waals surface area contributed by atoms with Gasteiger partial charge in [0.25, 0.3) is 0 Å². The molecule has 1 aliphatic heterocycles. The van der Waals surface area contributed by atoms with Crippen molar-refractivity contribution in [1.29, 1.82) is 5.26 Å². The van der Waals surface area contributed by atoms with Gasteiger partial charge in [-0.05, 0) is 77.7 Å². The number of nitrogens with zero attached hydrogens (tertiary/aromatic N) is 6. The Morgan fingerprint density at radius 1 is 1.20 bits per heavy atom. The zero-order valence-electron chi connectivity index (χ0n) is 25.9. The molecule has 0 amide bonds. The van der Waals surface area contributed by atoms with Gasteiger partial charge in [-0.2, -0.15) is 15.2 Å². The standard InChI is InChI=1S/C33H38F2N8OS/c1-31(35)11-12-43(17-31)18-32(9-10-32)19-44-30-40-25-13-24(20-5-6-23(34)27-26(20)21(14-36)28(37)45-27)38-15-22(25)29(41-30)39-16-33(42(2)3)7-4-8-33/h5-6,13,15H,4,7-12,16-19,37H2,1-3H3,(H,39,40,41)/t31-/m1/s1. The van der Waals surface area contributed by atoms with Gasteiger partial charge < -0.3 is 20.7 Å². The highest BCUT2D eigenvalue weighted by Gasteiger charge is 2.47. The Morgan fingerprint density at radius 2 is 2.00 bits per heavy atom. The molecular weight excluding hydrogens is 594 g/mol. The molecule has 1 saturated heterocycles. The number of nitrogens with one attached hydrogen (secondary N) is 1. The topological polar surface area (TPSA) is 116 Å². The summed E-state index contributed by atoms with van der Waals surface area (Å²) in [5, 5.41) is 14.9. The highest BCUT2D eigenvalue weighted by Crippen LogP contribution is 2.48. The smallest absolute Gasteiger partial charge is 0.318 e. The SMILES string of the molecule is CN(C)C1(CNc2nc(OCC3(CN4CC[C@@](C)(F)C4)CC3)nc3cc(-c4ccc(F)c5sc(N)c(C#N)c45)ncc23)CCC1. The third-order valence-electron chi connectivity index (χ3n) is 10.1. The Balaban J connectivity index is 1.23. The van der Waals surface area contributed by atoms with Crippen LogP contribution < -0.4 is 15.8 Å². The summed E-state index contributed by atoms with van der Waals surface area (Å²) >= 11 is 1.06. The number of pyridine rings is 1. The molecular formula is C33H38F2N8OS. The number of likely N-dealkylation sites (N-methyl/N-ethyl adjacent to an activating group) is 1. The van der Waals surface area contributed by atoms with Crippen molar-refractivity contribution in [2.45, 2.75) is 56.7 Å². The lowest BCUT2D eigenvalue weighted by molar-refractivity contribution is 0.0738. The van der Waals surface area contributed by atoms with E-state index in [4.69, 9.17) is 25.4 Å². The summed E-state index contributed by atoms with van der Waals surface area (Å²) in [4.78, 5) is 18.8. The molecule has 3 aliphatic rings. The third kappa shape index (κ3) is 5.55. The van der Waals surface area contributed by atoms with Crippen LogP contribution >= 0.6 is 11.3 Å². The summed E-state index contributed by atoms with van der Waals surface area (Å²) < 4.78 is 35.9. The number of ether oxygens (including phenoxy) is 1. The van der Waals surface area contributed by atoms with Crippen LogP contribution in [0, 0.1) is 22.6 Å². The van der Waals surface area contributed by atoms with E-state index in [1.807, 2.05) is 6.07 Å². The number of benzene rings is 1. The fourth-order valence-corrected chi connectivity index (χ4v) is 7.80. The molecule has 3 aromatic heterocycles. The number of alkyl halides is 1. The van der Waals surface area contributed by atoms with Gasteiger partial charge in [-0.1, -0.05) is 0 Å². The monoisotopic (exact) mass is 632 g/mol. The Kier molecular flexibility index (Phi) is 7.34. The molecule has 2 saturated carbocycles. The number of nitrogen functional groups attached to an aromatic ring is 1. The summed E-state index contributed by atoms with van der Waals surface area (Å²) in [5.41, 5.74) is 7.01. The summed E-state index contributed by atoms with van der Waals surface area (Å²) in [7, 11) is 4.22. The van der Waals surface area contributed by atoms with Gasteiger partial charge in [0.2, 0.25) is 0 Å². The van der Waals surface area contributed by atoms with Gasteiger partial charge in [0.1, 0.15) is 28.4 Å². The maximum atomic E-state index is 14.7. The van der Waals surface area contributed by atoms with Crippen molar-refractivity contribution in [3.8, 4) is 23.3 Å². The minimum Gasteiger partial charge on any atom is -0.463 e. The number of fused-ring (bicyclic) bond motifs is 2. The highest BCUT2D eigenvalue weighted by atomic mass is 32.1. The van der Waals surface area contributed by atoms with Crippen LogP contribution in [0.5, 0.6) is 6.01 Å². The van der Waals surface area contributed by atoms with Crippen LogP contribution in [0.1, 0.15) is 51.0 Å². The first-order valence-electron chi connectivity index (χ1n) is 15.5. The predicted octanol–water partition coefficient (Wildman–Crippen LogP) is 5.99. The number of rotatable bonds is 10. The Bertz CT molecular complexity index is 1830. The number of anilines is 2. The lowest BCUT2D eigenvalue weighted by atomic mass is 9.75. The number of nitriles is 1. The summed E-state index contributed by atoms with van der Waals surface area (Å²) in [6.45, 7) is 4.87. The van der Waals surface area contributed by atoms with E-state index in [1.165, 1.54) is 12.5 Å². The van der Waals surface area contributed by atoms with Crippen molar-refractivity contribution in [3.63, 3.8) is 0 Å². The van der Waals surface area contributed by atoms with Crippen LogP contribution in [-0.2, 0) is 0 Å². The number of halogens is 2. The lowest BCUT2D eigenvalue weighted by Crippen LogP contribution is -2.54. The van der Waals surface area contributed by atoms with Gasteiger partial charge >= 0.3 is 6.01 Å². The van der Waals surface area contributed by atoms with E-state index in [0.29, 0.717) is 58.8 Å². The first kappa shape index (κ1) is 30.0. The van der Waals surface area contributed by atoms with Crippen molar-refractivity contribution in [2.75, 3.05) is 57.9 Å². The van der Waals surface area contributed by atoms with Gasteiger partial charge in [0.15, 0.2) is 0 Å². The van der Waals surface area contributed by atoms with Crippen molar-refractivity contribution < 1.29 is 13.5 Å². The maximum Gasteiger partial charge on any atom is 0.318 e. The maximum absolute atomic E-state index is 14.7. The molecule has 4 aromatic rings. The van der Waals surface area contributed by atoms with E-state index in [2.05, 4.69) is 35.3 Å². The largest absolute Gasteiger partial charge is 0.463 e. The molecule has 2 aliphatic carbocycles. The quantitative estimate of drug-likeness (QED) is 0.218. The molecule has 0 radical (unpaired) electrons. The second-order valence-corrected chi connectivity index (χ2v) is 14.7. The van der Waals surface area contributed by atoms with Gasteiger partial charge in [-0.25, -0.2) is 8.78 Å². The Morgan fingerprint density at radius 3 is 2.64 bits per heavy atom.